The summed E-state index contributed by atoms with van der Waals surface area (Å²) in [4.78, 5) is 7.62. The number of sulfone groups is 1. The van der Waals surface area contributed by atoms with Crippen molar-refractivity contribution in [3.63, 3.8) is 0 Å². The van der Waals surface area contributed by atoms with Gasteiger partial charge in [0.2, 0.25) is 0 Å². The van der Waals surface area contributed by atoms with Crippen molar-refractivity contribution in [3.8, 4) is 0 Å². The van der Waals surface area contributed by atoms with Gasteiger partial charge < -0.3 is 10.3 Å². The zero-order chi connectivity index (χ0) is 15.0. The largest absolute Gasteiger partial charge is 0.345 e. The Morgan fingerprint density at radius 2 is 2.10 bits per heavy atom. The summed E-state index contributed by atoms with van der Waals surface area (Å²) in [5.41, 5.74) is 0.962. The Morgan fingerprint density at radius 1 is 1.33 bits per heavy atom. The van der Waals surface area contributed by atoms with Crippen molar-refractivity contribution >= 4 is 21.4 Å². The van der Waals surface area contributed by atoms with Gasteiger partial charge in [0.25, 0.3) is 0 Å². The second kappa shape index (κ2) is 5.44. The Hall–Kier alpha value is -1.37. The van der Waals surface area contributed by atoms with Crippen molar-refractivity contribution in [2.24, 2.45) is 0 Å². The second-order valence-corrected chi connectivity index (χ2v) is 7.85. The van der Waals surface area contributed by atoms with E-state index in [0.717, 1.165) is 11.5 Å². The van der Waals surface area contributed by atoms with Gasteiger partial charge in [-0.1, -0.05) is 23.7 Å². The maximum atomic E-state index is 12.7. The zero-order valence-electron chi connectivity index (χ0n) is 11.5. The van der Waals surface area contributed by atoms with Crippen LogP contribution in [-0.4, -0.2) is 30.2 Å². The number of nitrogens with one attached hydrogen (secondary N) is 2. The number of hydrogen-bond donors (Lipinski definition) is 2. The number of hydrogen-bond acceptors (Lipinski definition) is 4. The number of aromatic nitrogens is 2. The fourth-order valence-corrected chi connectivity index (χ4v) is 4.80. The highest BCUT2D eigenvalue weighted by atomic mass is 35.5. The number of benzene rings is 1. The van der Waals surface area contributed by atoms with Crippen molar-refractivity contribution < 1.29 is 8.42 Å². The van der Waals surface area contributed by atoms with Crippen LogP contribution < -0.4 is 5.32 Å². The van der Waals surface area contributed by atoms with Crippen LogP contribution >= 0.6 is 11.6 Å². The molecule has 0 spiro atoms. The standard InChI is InChI=1S/C14H16ClN3O2S/c1-9-7-17-14(18-9)12-6-10(8-16-12)21(19,20)13-5-3-2-4-11(13)15/h2-5,7,10,12,16H,6,8H2,1H3,(H,17,18)/t10-,12+/m0/s1. The summed E-state index contributed by atoms with van der Waals surface area (Å²) in [5.74, 6) is 0.782. The van der Waals surface area contributed by atoms with Gasteiger partial charge in [-0.15, -0.1) is 0 Å². The number of halogens is 1. The molecule has 1 aliphatic heterocycles. The molecule has 7 heteroatoms. The van der Waals surface area contributed by atoms with Crippen molar-refractivity contribution in [1.29, 1.82) is 0 Å². The fourth-order valence-electron chi connectivity index (χ4n) is 2.61. The average molecular weight is 326 g/mol. The monoisotopic (exact) mass is 325 g/mol. The first kappa shape index (κ1) is 14.6. The second-order valence-electron chi connectivity index (χ2n) is 5.25. The maximum absolute atomic E-state index is 12.7. The molecule has 2 heterocycles. The molecular formula is C14H16ClN3O2S. The number of imidazole rings is 1. The van der Waals surface area contributed by atoms with E-state index in [1.807, 2.05) is 6.92 Å². The molecule has 1 aliphatic rings. The lowest BCUT2D eigenvalue weighted by molar-refractivity contribution is 0.578. The normalized spacial score (nSPS) is 22.6. The van der Waals surface area contributed by atoms with E-state index >= 15 is 0 Å². The predicted molar refractivity (Wildman–Crippen MR) is 81.1 cm³/mol. The molecule has 3 rings (SSSR count). The van der Waals surface area contributed by atoms with E-state index in [0.29, 0.717) is 13.0 Å². The highest BCUT2D eigenvalue weighted by Gasteiger charge is 2.37. The molecule has 0 amide bonds. The molecule has 0 radical (unpaired) electrons. The minimum atomic E-state index is -3.44. The SMILES string of the molecule is Cc1cnc([C@H]2C[C@H](S(=O)(=O)c3ccccc3Cl)CN2)[nH]1. The van der Waals surface area contributed by atoms with E-state index in [9.17, 15) is 8.42 Å². The number of H-pyrrole nitrogens is 1. The van der Waals surface area contributed by atoms with Crippen molar-refractivity contribution in [1.82, 2.24) is 15.3 Å². The van der Waals surface area contributed by atoms with Crippen LogP contribution in [0.3, 0.4) is 0 Å². The topological polar surface area (TPSA) is 74.8 Å². The first-order chi connectivity index (χ1) is 9.98. The zero-order valence-corrected chi connectivity index (χ0v) is 13.1. The Kier molecular flexibility index (Phi) is 3.77. The molecule has 5 nitrogen and oxygen atoms in total. The van der Waals surface area contributed by atoms with Crippen LogP contribution in [0.1, 0.15) is 24.0 Å². The summed E-state index contributed by atoms with van der Waals surface area (Å²) in [5, 5.41) is 3.00. The quantitative estimate of drug-likeness (QED) is 0.907. The predicted octanol–water partition coefficient (Wildman–Crippen LogP) is 2.25. The molecule has 1 saturated heterocycles. The van der Waals surface area contributed by atoms with Gasteiger partial charge in [-0.05, 0) is 25.5 Å². The molecule has 0 aliphatic carbocycles. The molecule has 2 N–H and O–H groups in total. The van der Waals surface area contributed by atoms with Crippen molar-refractivity contribution in [3.05, 3.63) is 47.0 Å². The molecule has 21 heavy (non-hydrogen) atoms. The van der Waals surface area contributed by atoms with Gasteiger partial charge in [-0.25, -0.2) is 13.4 Å². The molecule has 0 saturated carbocycles. The molecule has 2 aromatic rings. The summed E-state index contributed by atoms with van der Waals surface area (Å²) in [6.45, 7) is 2.32. The smallest absolute Gasteiger partial charge is 0.184 e. The Bertz CT molecular complexity index is 757. The van der Waals surface area contributed by atoms with Gasteiger partial charge in [-0.3, -0.25) is 0 Å². The lowest BCUT2D eigenvalue weighted by Crippen LogP contribution is -2.24. The summed E-state index contributed by atoms with van der Waals surface area (Å²) >= 11 is 6.03. The maximum Gasteiger partial charge on any atom is 0.184 e. The first-order valence-corrected chi connectivity index (χ1v) is 8.64. The van der Waals surface area contributed by atoms with E-state index in [-0.39, 0.29) is 16.0 Å². The number of aromatic amines is 1. The lowest BCUT2D eigenvalue weighted by Gasteiger charge is -2.12. The lowest BCUT2D eigenvalue weighted by atomic mass is 10.2. The average Bonchev–Trinajstić information content (AvgIpc) is 3.07. The molecule has 1 aromatic heterocycles. The molecule has 0 bridgehead atoms. The van der Waals surface area contributed by atoms with E-state index in [1.54, 1.807) is 30.5 Å². The summed E-state index contributed by atoms with van der Waals surface area (Å²) in [6, 6.07) is 6.50. The van der Waals surface area contributed by atoms with Crippen LogP contribution in [0.4, 0.5) is 0 Å². The van der Waals surface area contributed by atoms with E-state index < -0.39 is 15.1 Å². The number of nitrogens with zero attached hydrogens (tertiary/aromatic N) is 1. The Balaban J connectivity index is 1.84. The van der Waals surface area contributed by atoms with Crippen LogP contribution in [0.2, 0.25) is 5.02 Å². The molecular weight excluding hydrogens is 310 g/mol. The van der Waals surface area contributed by atoms with Gasteiger partial charge in [-0.2, -0.15) is 0 Å². The molecule has 1 fully saturated rings. The van der Waals surface area contributed by atoms with Crippen LogP contribution in [0.5, 0.6) is 0 Å². The van der Waals surface area contributed by atoms with Gasteiger partial charge >= 0.3 is 0 Å². The number of aryl methyl sites for hydroxylation is 1. The highest BCUT2D eigenvalue weighted by Crippen LogP contribution is 2.31. The third-order valence-corrected chi connectivity index (χ3v) is 6.37. The molecule has 2 atom stereocenters. The van der Waals surface area contributed by atoms with E-state index in [2.05, 4.69) is 15.3 Å². The van der Waals surface area contributed by atoms with Crippen LogP contribution in [0.15, 0.2) is 35.4 Å². The summed E-state index contributed by atoms with van der Waals surface area (Å²) < 4.78 is 25.4. The van der Waals surface area contributed by atoms with Crippen LogP contribution in [-0.2, 0) is 9.84 Å². The first-order valence-electron chi connectivity index (χ1n) is 6.72. The fraction of sp³-hybridized carbons (Fsp3) is 0.357. The third kappa shape index (κ3) is 2.71. The van der Waals surface area contributed by atoms with Crippen LogP contribution in [0, 0.1) is 6.92 Å². The van der Waals surface area contributed by atoms with Gasteiger partial charge in [0.05, 0.1) is 21.2 Å². The van der Waals surface area contributed by atoms with Crippen molar-refractivity contribution in [2.45, 2.75) is 29.5 Å². The van der Waals surface area contributed by atoms with Crippen LogP contribution in [0.25, 0.3) is 0 Å². The molecule has 0 unspecified atom stereocenters. The Morgan fingerprint density at radius 3 is 2.76 bits per heavy atom. The van der Waals surface area contributed by atoms with E-state index in [4.69, 9.17) is 11.6 Å². The van der Waals surface area contributed by atoms with Gasteiger partial charge in [0, 0.05) is 18.4 Å². The number of rotatable bonds is 3. The van der Waals surface area contributed by atoms with Gasteiger partial charge in [0.1, 0.15) is 5.82 Å². The van der Waals surface area contributed by atoms with Crippen molar-refractivity contribution in [2.75, 3.05) is 6.54 Å². The summed E-state index contributed by atoms with van der Waals surface area (Å²) in [6.07, 6.45) is 2.23. The third-order valence-electron chi connectivity index (χ3n) is 3.73. The Labute approximate surface area is 128 Å². The highest BCUT2D eigenvalue weighted by molar-refractivity contribution is 7.92. The minimum Gasteiger partial charge on any atom is -0.345 e. The van der Waals surface area contributed by atoms with E-state index in [1.165, 1.54) is 0 Å². The molecule has 1 aromatic carbocycles. The molecule has 112 valence electrons. The summed E-state index contributed by atoms with van der Waals surface area (Å²) in [7, 11) is -3.44. The minimum absolute atomic E-state index is 0.0686. The van der Waals surface area contributed by atoms with Gasteiger partial charge in [0.15, 0.2) is 9.84 Å².